The molecule has 0 radical (unpaired) electrons. The number of esters is 1. The Morgan fingerprint density at radius 2 is 1.33 bits per heavy atom. The Hall–Kier alpha value is -2.13. The van der Waals surface area contributed by atoms with E-state index in [9.17, 15) is 4.79 Å². The Morgan fingerprint density at radius 3 is 1.71 bits per heavy atom. The molecule has 0 bridgehead atoms. The zero-order valence-corrected chi connectivity index (χ0v) is 14.9. The van der Waals surface area contributed by atoms with Crippen molar-refractivity contribution in [1.82, 2.24) is 0 Å². The van der Waals surface area contributed by atoms with Gasteiger partial charge in [-0.05, 0) is 25.0 Å². The van der Waals surface area contributed by atoms with Crippen molar-refractivity contribution in [2.45, 2.75) is 39.3 Å². The molecule has 2 rings (SSSR count). The van der Waals surface area contributed by atoms with Gasteiger partial charge in [-0.25, -0.2) is 0 Å². The van der Waals surface area contributed by atoms with Gasteiger partial charge in [0.1, 0.15) is 5.92 Å². The number of quaternary nitrogens is 1. The van der Waals surface area contributed by atoms with Gasteiger partial charge in [0.15, 0.2) is 0 Å². The van der Waals surface area contributed by atoms with Crippen LogP contribution in [0, 0.1) is 0 Å². The van der Waals surface area contributed by atoms with Crippen LogP contribution in [0.15, 0.2) is 60.7 Å². The Kier molecular flexibility index (Phi) is 7.01. The molecule has 0 aliphatic heterocycles. The first-order valence-electron chi connectivity index (χ1n) is 8.86. The van der Waals surface area contributed by atoms with Crippen molar-refractivity contribution in [3.8, 4) is 0 Å². The highest BCUT2D eigenvalue weighted by molar-refractivity contribution is 5.82. The minimum absolute atomic E-state index is 0.0950. The van der Waals surface area contributed by atoms with E-state index in [0.29, 0.717) is 0 Å². The predicted octanol–water partition coefficient (Wildman–Crippen LogP) is 3.02. The summed E-state index contributed by atoms with van der Waals surface area (Å²) in [6.07, 6.45) is 0.724. The van der Waals surface area contributed by atoms with Crippen molar-refractivity contribution in [2.24, 2.45) is 0 Å². The van der Waals surface area contributed by atoms with Crippen LogP contribution >= 0.6 is 0 Å². The molecule has 0 saturated heterocycles. The van der Waals surface area contributed by atoms with Gasteiger partial charge >= 0.3 is 5.97 Å². The van der Waals surface area contributed by atoms with E-state index in [-0.39, 0.29) is 18.1 Å². The van der Waals surface area contributed by atoms with Crippen LogP contribution in [-0.2, 0) is 9.53 Å². The van der Waals surface area contributed by atoms with Crippen LogP contribution in [0.4, 0.5) is 0 Å². The van der Waals surface area contributed by atoms with Gasteiger partial charge in [-0.2, -0.15) is 0 Å². The summed E-state index contributed by atoms with van der Waals surface area (Å²) in [7, 11) is 0. The van der Waals surface area contributed by atoms with Gasteiger partial charge < -0.3 is 9.64 Å². The largest absolute Gasteiger partial charge is 0.412 e. The monoisotopic (exact) mass is 326 g/mol. The predicted molar refractivity (Wildman–Crippen MR) is 96.9 cm³/mol. The lowest BCUT2D eigenvalue weighted by atomic mass is 9.91. The second-order valence-corrected chi connectivity index (χ2v) is 5.95. The highest BCUT2D eigenvalue weighted by Gasteiger charge is 2.29. The summed E-state index contributed by atoms with van der Waals surface area (Å²) >= 11 is 0. The van der Waals surface area contributed by atoms with E-state index in [1.807, 2.05) is 60.7 Å². The summed E-state index contributed by atoms with van der Waals surface area (Å²) < 4.78 is 5.94. The Morgan fingerprint density at radius 1 is 0.875 bits per heavy atom. The lowest BCUT2D eigenvalue weighted by Gasteiger charge is -2.27. The molecule has 3 nitrogen and oxygen atoms in total. The standard InChI is InChI=1S/C21H27NO2/c1-4-19(22(5-2)6-3)24-21(23)20(17-13-9-7-10-14-17)18-15-11-8-12-16-18/h7-16,19-20H,4-6H2,1-3H3/p+1/t19-/m0/s1. The van der Waals surface area contributed by atoms with Crippen molar-refractivity contribution in [3.05, 3.63) is 71.8 Å². The fourth-order valence-corrected chi connectivity index (χ4v) is 3.12. The number of ether oxygens (including phenoxy) is 1. The molecule has 0 fully saturated rings. The molecular formula is C21H28NO2+. The molecular weight excluding hydrogens is 298 g/mol. The van der Waals surface area contributed by atoms with Crippen LogP contribution in [0.5, 0.6) is 0 Å². The molecule has 24 heavy (non-hydrogen) atoms. The highest BCUT2D eigenvalue weighted by Crippen LogP contribution is 2.26. The van der Waals surface area contributed by atoms with Crippen LogP contribution in [0.25, 0.3) is 0 Å². The first-order valence-corrected chi connectivity index (χ1v) is 8.86. The highest BCUT2D eigenvalue weighted by atomic mass is 16.6. The number of benzene rings is 2. The number of carbonyl (C=O) groups is 1. The van der Waals surface area contributed by atoms with Gasteiger partial charge in [-0.15, -0.1) is 0 Å². The molecule has 3 heteroatoms. The van der Waals surface area contributed by atoms with Crippen molar-refractivity contribution in [1.29, 1.82) is 0 Å². The summed E-state index contributed by atoms with van der Waals surface area (Å²) in [6, 6.07) is 19.7. The first kappa shape index (κ1) is 18.2. The zero-order chi connectivity index (χ0) is 17.4. The van der Waals surface area contributed by atoms with E-state index in [2.05, 4.69) is 20.8 Å². The molecule has 2 aromatic carbocycles. The number of hydrogen-bond acceptors (Lipinski definition) is 2. The van der Waals surface area contributed by atoms with Crippen LogP contribution in [-0.4, -0.2) is 25.3 Å². The van der Waals surface area contributed by atoms with E-state index < -0.39 is 0 Å². The van der Waals surface area contributed by atoms with E-state index in [4.69, 9.17) is 4.74 Å². The van der Waals surface area contributed by atoms with Gasteiger partial charge in [0.2, 0.25) is 6.23 Å². The van der Waals surface area contributed by atoms with Crippen molar-refractivity contribution >= 4 is 5.97 Å². The van der Waals surface area contributed by atoms with E-state index in [0.717, 1.165) is 30.6 Å². The van der Waals surface area contributed by atoms with Crippen molar-refractivity contribution in [2.75, 3.05) is 13.1 Å². The fourth-order valence-electron chi connectivity index (χ4n) is 3.12. The lowest BCUT2D eigenvalue weighted by molar-refractivity contribution is -0.942. The van der Waals surface area contributed by atoms with E-state index >= 15 is 0 Å². The topological polar surface area (TPSA) is 30.7 Å². The minimum Gasteiger partial charge on any atom is -0.412 e. The molecule has 1 N–H and O–H groups in total. The lowest BCUT2D eigenvalue weighted by Crippen LogP contribution is -3.15. The SMILES string of the molecule is CC[C@H](OC(=O)C(c1ccccc1)c1ccccc1)[NH+](CC)CC. The summed E-state index contributed by atoms with van der Waals surface area (Å²) in [5.41, 5.74) is 1.94. The molecule has 0 saturated carbocycles. The molecule has 0 spiro atoms. The van der Waals surface area contributed by atoms with Gasteiger partial charge in [0, 0.05) is 6.42 Å². The smallest absolute Gasteiger partial charge is 0.322 e. The quantitative estimate of drug-likeness (QED) is 0.597. The van der Waals surface area contributed by atoms with Gasteiger partial charge in [0.05, 0.1) is 13.1 Å². The first-order chi connectivity index (χ1) is 11.7. The maximum absolute atomic E-state index is 13.0. The third-order valence-electron chi connectivity index (χ3n) is 4.49. The van der Waals surface area contributed by atoms with Gasteiger partial charge in [-0.3, -0.25) is 4.79 Å². The third kappa shape index (κ3) is 4.45. The summed E-state index contributed by atoms with van der Waals surface area (Å²) in [5.74, 6) is -0.546. The number of carbonyl (C=O) groups excluding carboxylic acids is 1. The third-order valence-corrected chi connectivity index (χ3v) is 4.49. The van der Waals surface area contributed by atoms with Crippen molar-refractivity contribution in [3.63, 3.8) is 0 Å². The van der Waals surface area contributed by atoms with Crippen LogP contribution < -0.4 is 4.90 Å². The average molecular weight is 326 g/mol. The molecule has 0 aromatic heterocycles. The second kappa shape index (κ2) is 9.24. The fraction of sp³-hybridized carbons (Fsp3) is 0.381. The van der Waals surface area contributed by atoms with Crippen LogP contribution in [0.3, 0.4) is 0 Å². The molecule has 0 heterocycles. The molecule has 128 valence electrons. The molecule has 0 unspecified atom stereocenters. The molecule has 1 atom stereocenters. The number of nitrogens with one attached hydrogen (secondary N) is 1. The summed E-state index contributed by atoms with van der Waals surface area (Å²) in [4.78, 5) is 14.3. The Labute approximate surface area is 145 Å². The van der Waals surface area contributed by atoms with Gasteiger partial charge in [0.25, 0.3) is 0 Å². The zero-order valence-electron chi connectivity index (χ0n) is 14.9. The van der Waals surface area contributed by atoms with Crippen LogP contribution in [0.2, 0.25) is 0 Å². The molecule has 0 aliphatic carbocycles. The molecule has 0 aliphatic rings. The average Bonchev–Trinajstić information content (AvgIpc) is 2.63. The number of hydrogen-bond donors (Lipinski definition) is 1. The van der Waals surface area contributed by atoms with E-state index in [1.165, 1.54) is 4.90 Å². The normalized spacial score (nSPS) is 12.4. The Bertz CT molecular complexity index is 569. The van der Waals surface area contributed by atoms with Gasteiger partial charge in [-0.1, -0.05) is 67.6 Å². The van der Waals surface area contributed by atoms with Crippen LogP contribution in [0.1, 0.15) is 44.2 Å². The molecule has 0 amide bonds. The number of rotatable bonds is 8. The maximum Gasteiger partial charge on any atom is 0.322 e. The minimum atomic E-state index is -0.378. The Balaban J connectivity index is 2.29. The maximum atomic E-state index is 13.0. The second-order valence-electron chi connectivity index (χ2n) is 5.95. The van der Waals surface area contributed by atoms with E-state index in [1.54, 1.807) is 0 Å². The molecule has 2 aromatic rings. The summed E-state index contributed by atoms with van der Waals surface area (Å²) in [6.45, 7) is 8.22. The summed E-state index contributed by atoms with van der Waals surface area (Å²) in [5, 5.41) is 0. The van der Waals surface area contributed by atoms with Crippen molar-refractivity contribution < 1.29 is 14.4 Å².